The quantitative estimate of drug-likeness (QED) is 0.910. The molecule has 3 rings (SSSR count). The number of carbonyl (C=O) groups excluding carboxylic acids is 1. The lowest BCUT2D eigenvalue weighted by molar-refractivity contribution is -0.115. The minimum absolute atomic E-state index is 0.0900. The number of aromatic nitrogens is 3. The maximum atomic E-state index is 11.8. The van der Waals surface area contributed by atoms with Crippen molar-refractivity contribution in [1.82, 2.24) is 15.0 Å². The summed E-state index contributed by atoms with van der Waals surface area (Å²) in [6.07, 6.45) is 0. The summed E-state index contributed by atoms with van der Waals surface area (Å²) in [5.41, 5.74) is 1.54. The first-order valence-electron chi connectivity index (χ1n) is 6.30. The fourth-order valence-corrected chi connectivity index (χ4v) is 2.21. The molecule has 108 valence electrons. The Morgan fingerprint density at radius 2 is 2.00 bits per heavy atom. The van der Waals surface area contributed by atoms with Crippen LogP contribution in [0.2, 0.25) is 5.28 Å². The van der Waals surface area contributed by atoms with Gasteiger partial charge in [-0.3, -0.25) is 9.69 Å². The van der Waals surface area contributed by atoms with Gasteiger partial charge in [0.2, 0.25) is 23.1 Å². The highest BCUT2D eigenvalue weighted by atomic mass is 35.5. The summed E-state index contributed by atoms with van der Waals surface area (Å²) in [5, 5.41) is 2.91. The van der Waals surface area contributed by atoms with E-state index in [4.69, 9.17) is 11.6 Å². The topological polar surface area (TPSA) is 74.2 Å². The normalized spacial score (nSPS) is 13.7. The Kier molecular flexibility index (Phi) is 3.34. The number of rotatable bonds is 2. The maximum Gasteiger partial charge on any atom is 0.244 e. The Morgan fingerprint density at radius 3 is 2.76 bits per heavy atom. The third-order valence-corrected chi connectivity index (χ3v) is 3.17. The highest BCUT2D eigenvalue weighted by molar-refractivity contribution is 6.28. The molecule has 2 heterocycles. The maximum absolute atomic E-state index is 11.8. The van der Waals surface area contributed by atoms with E-state index in [2.05, 4.69) is 20.3 Å². The predicted molar refractivity (Wildman–Crippen MR) is 81.2 cm³/mol. The molecular formula is C13H13ClN6O. The lowest BCUT2D eigenvalue weighted by atomic mass is 10.2. The second-order valence-electron chi connectivity index (χ2n) is 4.75. The average Bonchev–Trinajstić information content (AvgIpc) is 2.45. The molecule has 0 saturated heterocycles. The fraction of sp³-hybridized carbons (Fsp3) is 0.231. The van der Waals surface area contributed by atoms with Crippen LogP contribution < -0.4 is 15.1 Å². The molecule has 0 aliphatic carbocycles. The molecule has 1 aromatic heterocycles. The van der Waals surface area contributed by atoms with Crippen molar-refractivity contribution < 1.29 is 4.79 Å². The van der Waals surface area contributed by atoms with Gasteiger partial charge in [0.25, 0.3) is 0 Å². The molecule has 0 radical (unpaired) electrons. The van der Waals surface area contributed by atoms with Crippen LogP contribution in [0.4, 0.5) is 23.3 Å². The van der Waals surface area contributed by atoms with E-state index in [9.17, 15) is 4.79 Å². The van der Waals surface area contributed by atoms with Crippen LogP contribution >= 0.6 is 11.6 Å². The zero-order valence-electron chi connectivity index (χ0n) is 11.5. The summed E-state index contributed by atoms with van der Waals surface area (Å²) in [6.45, 7) is 0.129. The first-order valence-corrected chi connectivity index (χ1v) is 6.68. The van der Waals surface area contributed by atoms with Gasteiger partial charge in [0, 0.05) is 14.1 Å². The molecule has 1 aromatic carbocycles. The van der Waals surface area contributed by atoms with Crippen molar-refractivity contribution in [1.29, 1.82) is 0 Å². The first-order chi connectivity index (χ1) is 10.0. The van der Waals surface area contributed by atoms with Crippen molar-refractivity contribution in [2.24, 2.45) is 0 Å². The molecule has 1 aliphatic rings. The second kappa shape index (κ2) is 5.17. The molecule has 8 heteroatoms. The Labute approximate surface area is 126 Å². The van der Waals surface area contributed by atoms with Gasteiger partial charge in [-0.05, 0) is 23.7 Å². The molecule has 0 saturated carbocycles. The van der Waals surface area contributed by atoms with Gasteiger partial charge in [-0.25, -0.2) is 0 Å². The van der Waals surface area contributed by atoms with Crippen molar-refractivity contribution in [3.63, 3.8) is 0 Å². The van der Waals surface area contributed by atoms with Crippen molar-refractivity contribution in [3.8, 4) is 0 Å². The smallest absolute Gasteiger partial charge is 0.244 e. The molecule has 1 amide bonds. The van der Waals surface area contributed by atoms with Gasteiger partial charge in [0.05, 0.1) is 11.4 Å². The highest BCUT2D eigenvalue weighted by Crippen LogP contribution is 2.33. The minimum Gasteiger partial charge on any atom is -0.347 e. The van der Waals surface area contributed by atoms with Crippen LogP contribution in [-0.2, 0) is 4.79 Å². The Balaban J connectivity index is 2.10. The predicted octanol–water partition coefficient (Wildman–Crippen LogP) is 1.68. The molecule has 0 fully saturated rings. The Bertz CT molecular complexity index is 705. The summed E-state index contributed by atoms with van der Waals surface area (Å²) < 4.78 is 0. The number of carbonyl (C=O) groups is 1. The first kappa shape index (κ1) is 13.6. The molecule has 21 heavy (non-hydrogen) atoms. The van der Waals surface area contributed by atoms with E-state index in [1.54, 1.807) is 9.80 Å². The number of halogens is 1. The van der Waals surface area contributed by atoms with Crippen molar-refractivity contribution >= 4 is 40.8 Å². The lowest BCUT2D eigenvalue weighted by Crippen LogP contribution is -2.36. The molecule has 7 nitrogen and oxygen atoms in total. The van der Waals surface area contributed by atoms with Gasteiger partial charge >= 0.3 is 0 Å². The molecule has 2 aromatic rings. The molecular weight excluding hydrogens is 292 g/mol. The van der Waals surface area contributed by atoms with Gasteiger partial charge in [-0.15, -0.1) is 0 Å². The SMILES string of the molecule is CN(C)c1nc(Cl)nc(N2CC(=O)Nc3ccccc32)n1. The van der Waals surface area contributed by atoms with E-state index in [0.717, 1.165) is 11.4 Å². The van der Waals surface area contributed by atoms with Crippen molar-refractivity contribution in [3.05, 3.63) is 29.5 Å². The molecule has 0 bridgehead atoms. The third-order valence-electron chi connectivity index (χ3n) is 3.00. The van der Waals surface area contributed by atoms with Crippen LogP contribution in [0.25, 0.3) is 0 Å². The van der Waals surface area contributed by atoms with Crippen LogP contribution in [0.5, 0.6) is 0 Å². The Morgan fingerprint density at radius 1 is 1.24 bits per heavy atom. The van der Waals surface area contributed by atoms with Gasteiger partial charge < -0.3 is 10.2 Å². The molecule has 0 atom stereocenters. The molecule has 1 aliphatic heterocycles. The molecule has 0 unspecified atom stereocenters. The van der Waals surface area contributed by atoms with Crippen LogP contribution in [0.15, 0.2) is 24.3 Å². The zero-order valence-corrected chi connectivity index (χ0v) is 12.3. The largest absolute Gasteiger partial charge is 0.347 e. The van der Waals surface area contributed by atoms with Crippen LogP contribution in [0, 0.1) is 0 Å². The summed E-state index contributed by atoms with van der Waals surface area (Å²) in [6, 6.07) is 7.46. The summed E-state index contributed by atoms with van der Waals surface area (Å²) in [4.78, 5) is 27.8. The van der Waals surface area contributed by atoms with E-state index >= 15 is 0 Å². The number of benzene rings is 1. The van der Waals surface area contributed by atoms with Crippen LogP contribution in [0.1, 0.15) is 0 Å². The number of hydrogen-bond donors (Lipinski definition) is 1. The lowest BCUT2D eigenvalue weighted by Gasteiger charge is -2.29. The number of hydrogen-bond acceptors (Lipinski definition) is 6. The monoisotopic (exact) mass is 304 g/mol. The van der Waals surface area contributed by atoms with Gasteiger partial charge in [0.1, 0.15) is 6.54 Å². The number of nitrogens with one attached hydrogen (secondary N) is 1. The van der Waals surface area contributed by atoms with Crippen LogP contribution in [0.3, 0.4) is 0 Å². The van der Waals surface area contributed by atoms with Crippen LogP contribution in [-0.4, -0.2) is 41.5 Å². The van der Waals surface area contributed by atoms with E-state index in [1.165, 1.54) is 0 Å². The fourth-order valence-electron chi connectivity index (χ4n) is 2.06. The summed E-state index contributed by atoms with van der Waals surface area (Å²) >= 11 is 5.96. The van der Waals surface area contributed by atoms with Gasteiger partial charge in [-0.1, -0.05) is 12.1 Å². The molecule has 1 N–H and O–H groups in total. The van der Waals surface area contributed by atoms with E-state index in [0.29, 0.717) is 11.9 Å². The number of fused-ring (bicyclic) bond motifs is 1. The average molecular weight is 305 g/mol. The van der Waals surface area contributed by atoms with Crippen molar-refractivity contribution in [2.75, 3.05) is 35.8 Å². The molecule has 0 spiro atoms. The number of para-hydroxylation sites is 2. The zero-order chi connectivity index (χ0) is 15.0. The van der Waals surface area contributed by atoms with Crippen molar-refractivity contribution in [2.45, 2.75) is 0 Å². The van der Waals surface area contributed by atoms with E-state index in [-0.39, 0.29) is 17.7 Å². The Hall–Kier alpha value is -2.41. The highest BCUT2D eigenvalue weighted by Gasteiger charge is 2.25. The standard InChI is InChI=1S/C13H13ClN6O/c1-19(2)12-16-11(14)17-13(18-12)20-7-10(21)15-8-5-3-4-6-9(8)20/h3-6H,7H2,1-2H3,(H,15,21). The number of anilines is 4. The van der Waals surface area contributed by atoms with Gasteiger partial charge in [0.15, 0.2) is 0 Å². The summed E-state index contributed by atoms with van der Waals surface area (Å²) in [5.74, 6) is 0.658. The number of amides is 1. The number of nitrogens with zero attached hydrogens (tertiary/aromatic N) is 5. The van der Waals surface area contributed by atoms with E-state index < -0.39 is 0 Å². The second-order valence-corrected chi connectivity index (χ2v) is 5.09. The third kappa shape index (κ3) is 2.59. The van der Waals surface area contributed by atoms with Gasteiger partial charge in [-0.2, -0.15) is 15.0 Å². The minimum atomic E-state index is -0.128. The summed E-state index contributed by atoms with van der Waals surface area (Å²) in [7, 11) is 3.62. The van der Waals surface area contributed by atoms with E-state index in [1.807, 2.05) is 38.4 Å².